The Hall–Kier alpha value is -2.35. The molecule has 0 atom stereocenters. The summed E-state index contributed by atoms with van der Waals surface area (Å²) in [6, 6.07) is 4.91. The van der Waals surface area contributed by atoms with Crippen LogP contribution in [-0.2, 0) is 6.18 Å². The third-order valence-electron chi connectivity index (χ3n) is 2.32. The van der Waals surface area contributed by atoms with Gasteiger partial charge in [-0.15, -0.1) is 0 Å². The number of alkyl halides is 3. The van der Waals surface area contributed by atoms with E-state index in [-0.39, 0.29) is 16.8 Å². The number of carbonyl (C=O) groups excluding carboxylic acids is 1. The van der Waals surface area contributed by atoms with Gasteiger partial charge in [-0.25, -0.2) is 14.8 Å². The molecule has 0 spiro atoms. The highest BCUT2D eigenvalue weighted by molar-refractivity contribution is 6.28. The summed E-state index contributed by atoms with van der Waals surface area (Å²) in [5, 5.41) is 4.53. The van der Waals surface area contributed by atoms with E-state index in [1.54, 1.807) is 0 Å². The lowest BCUT2D eigenvalue weighted by Gasteiger charge is -2.10. The Morgan fingerprint density at radius 2 is 1.95 bits per heavy atom. The molecule has 0 aliphatic rings. The molecule has 1 aromatic carbocycles. The van der Waals surface area contributed by atoms with Gasteiger partial charge in [0.1, 0.15) is 5.82 Å². The maximum absolute atomic E-state index is 12.5. The predicted molar refractivity (Wildman–Crippen MR) is 71.1 cm³/mol. The third-order valence-corrected chi connectivity index (χ3v) is 2.50. The van der Waals surface area contributed by atoms with Crippen molar-refractivity contribution in [1.82, 2.24) is 9.97 Å². The predicted octanol–water partition coefficient (Wildman–Crippen LogP) is 3.79. The molecule has 9 heteroatoms. The number of hydrogen-bond donors (Lipinski definition) is 2. The van der Waals surface area contributed by atoms with Crippen molar-refractivity contribution in [2.45, 2.75) is 6.18 Å². The number of halogens is 4. The summed E-state index contributed by atoms with van der Waals surface area (Å²) in [5.74, 6) is 0.125. The van der Waals surface area contributed by atoms with E-state index in [9.17, 15) is 18.0 Å². The minimum absolute atomic E-state index is 0.00229. The Labute approximate surface area is 122 Å². The van der Waals surface area contributed by atoms with Crippen LogP contribution < -0.4 is 10.6 Å². The zero-order chi connectivity index (χ0) is 15.5. The molecule has 0 saturated carbocycles. The zero-order valence-electron chi connectivity index (χ0n) is 10.3. The van der Waals surface area contributed by atoms with Gasteiger partial charge < -0.3 is 5.32 Å². The molecule has 2 amide bonds. The summed E-state index contributed by atoms with van der Waals surface area (Å²) in [6.45, 7) is 0. The van der Waals surface area contributed by atoms with Crippen LogP contribution >= 0.6 is 11.6 Å². The van der Waals surface area contributed by atoms with Crippen LogP contribution in [0.1, 0.15) is 5.56 Å². The molecular weight excluding hydrogens is 309 g/mol. The molecule has 2 rings (SSSR count). The molecule has 1 aromatic heterocycles. The van der Waals surface area contributed by atoms with Crippen LogP contribution in [0.15, 0.2) is 36.5 Å². The Kier molecular flexibility index (Phi) is 4.27. The van der Waals surface area contributed by atoms with Crippen LogP contribution in [0.3, 0.4) is 0 Å². The van der Waals surface area contributed by atoms with Gasteiger partial charge in [0.05, 0.1) is 5.56 Å². The monoisotopic (exact) mass is 316 g/mol. The highest BCUT2D eigenvalue weighted by Crippen LogP contribution is 2.30. The minimum atomic E-state index is -4.48. The SMILES string of the molecule is O=C(Nc1cccc(C(F)(F)F)c1)Nc1ccnc(Cl)n1. The van der Waals surface area contributed by atoms with Crippen LogP contribution in [0.2, 0.25) is 5.28 Å². The first-order chi connectivity index (χ1) is 9.84. The van der Waals surface area contributed by atoms with Gasteiger partial charge in [-0.3, -0.25) is 5.32 Å². The van der Waals surface area contributed by atoms with Gasteiger partial charge in [-0.2, -0.15) is 13.2 Å². The lowest BCUT2D eigenvalue weighted by atomic mass is 10.2. The second-order valence-corrected chi connectivity index (χ2v) is 4.21. The second-order valence-electron chi connectivity index (χ2n) is 3.87. The number of nitrogens with one attached hydrogen (secondary N) is 2. The number of aromatic nitrogens is 2. The van der Waals surface area contributed by atoms with Crippen LogP contribution in [0.25, 0.3) is 0 Å². The van der Waals surface area contributed by atoms with Gasteiger partial charge in [0.15, 0.2) is 0 Å². The molecule has 2 N–H and O–H groups in total. The number of benzene rings is 1. The van der Waals surface area contributed by atoms with E-state index < -0.39 is 17.8 Å². The normalized spacial score (nSPS) is 11.0. The molecular formula is C12H8ClF3N4O. The van der Waals surface area contributed by atoms with Gasteiger partial charge in [0, 0.05) is 11.9 Å². The van der Waals surface area contributed by atoms with Crippen LogP contribution in [-0.4, -0.2) is 16.0 Å². The third kappa shape index (κ3) is 4.32. The number of carbonyl (C=O) groups is 1. The summed E-state index contributed by atoms with van der Waals surface area (Å²) in [5.41, 5.74) is -0.854. The number of rotatable bonds is 2. The molecule has 2 aromatic rings. The molecule has 0 aliphatic carbocycles. The fourth-order valence-corrected chi connectivity index (χ4v) is 1.60. The van der Waals surface area contributed by atoms with E-state index in [2.05, 4.69) is 20.6 Å². The summed E-state index contributed by atoms with van der Waals surface area (Å²) in [7, 11) is 0. The number of nitrogens with zero attached hydrogens (tertiary/aromatic N) is 2. The molecule has 0 aliphatic heterocycles. The van der Waals surface area contributed by atoms with E-state index in [0.29, 0.717) is 0 Å². The fourth-order valence-electron chi connectivity index (χ4n) is 1.46. The smallest absolute Gasteiger partial charge is 0.308 e. The fraction of sp³-hybridized carbons (Fsp3) is 0.0833. The van der Waals surface area contributed by atoms with Crippen molar-refractivity contribution in [3.63, 3.8) is 0 Å². The summed E-state index contributed by atoms with van der Waals surface area (Å²) >= 11 is 5.54. The van der Waals surface area contributed by atoms with E-state index in [0.717, 1.165) is 12.1 Å². The Balaban J connectivity index is 2.06. The maximum Gasteiger partial charge on any atom is 0.416 e. The van der Waals surface area contributed by atoms with Crippen molar-refractivity contribution < 1.29 is 18.0 Å². The van der Waals surface area contributed by atoms with Gasteiger partial charge in [-0.1, -0.05) is 6.07 Å². The van der Waals surface area contributed by atoms with Crippen LogP contribution in [0, 0.1) is 0 Å². The molecule has 21 heavy (non-hydrogen) atoms. The molecule has 110 valence electrons. The molecule has 0 radical (unpaired) electrons. The van der Waals surface area contributed by atoms with Crippen molar-refractivity contribution in [2.24, 2.45) is 0 Å². The Morgan fingerprint density at radius 3 is 2.62 bits per heavy atom. The molecule has 1 heterocycles. The van der Waals surface area contributed by atoms with Crippen molar-refractivity contribution in [3.05, 3.63) is 47.4 Å². The molecule has 0 unspecified atom stereocenters. The van der Waals surface area contributed by atoms with Crippen molar-refractivity contribution in [1.29, 1.82) is 0 Å². The molecule has 0 fully saturated rings. The molecule has 0 saturated heterocycles. The highest BCUT2D eigenvalue weighted by atomic mass is 35.5. The lowest BCUT2D eigenvalue weighted by molar-refractivity contribution is -0.137. The summed E-state index contributed by atoms with van der Waals surface area (Å²) in [4.78, 5) is 19.0. The largest absolute Gasteiger partial charge is 0.416 e. The summed E-state index contributed by atoms with van der Waals surface area (Å²) < 4.78 is 37.6. The molecule has 0 bridgehead atoms. The lowest BCUT2D eigenvalue weighted by Crippen LogP contribution is -2.20. The van der Waals surface area contributed by atoms with Crippen molar-refractivity contribution >= 4 is 29.1 Å². The first kappa shape index (κ1) is 15.0. The van der Waals surface area contributed by atoms with Gasteiger partial charge in [-0.05, 0) is 35.9 Å². The van der Waals surface area contributed by atoms with E-state index in [4.69, 9.17) is 11.6 Å². The second kappa shape index (κ2) is 5.96. The zero-order valence-corrected chi connectivity index (χ0v) is 11.0. The van der Waals surface area contributed by atoms with E-state index >= 15 is 0 Å². The van der Waals surface area contributed by atoms with Crippen LogP contribution in [0.4, 0.5) is 29.5 Å². The van der Waals surface area contributed by atoms with Crippen molar-refractivity contribution in [2.75, 3.05) is 10.6 Å². The number of hydrogen-bond acceptors (Lipinski definition) is 3. The minimum Gasteiger partial charge on any atom is -0.308 e. The number of anilines is 2. The average molecular weight is 317 g/mol. The molecule has 5 nitrogen and oxygen atoms in total. The highest BCUT2D eigenvalue weighted by Gasteiger charge is 2.30. The van der Waals surface area contributed by atoms with Gasteiger partial charge in [0.25, 0.3) is 0 Å². The van der Waals surface area contributed by atoms with Crippen LogP contribution in [0.5, 0.6) is 0 Å². The van der Waals surface area contributed by atoms with Crippen molar-refractivity contribution in [3.8, 4) is 0 Å². The topological polar surface area (TPSA) is 66.9 Å². The first-order valence-corrected chi connectivity index (χ1v) is 5.96. The van der Waals surface area contributed by atoms with Gasteiger partial charge in [0.2, 0.25) is 5.28 Å². The Morgan fingerprint density at radius 1 is 1.19 bits per heavy atom. The summed E-state index contributed by atoms with van der Waals surface area (Å²) in [6.07, 6.45) is -3.15. The number of amides is 2. The standard InChI is InChI=1S/C12H8ClF3N4O/c13-10-17-5-4-9(19-10)20-11(21)18-8-3-1-2-7(6-8)12(14,15)16/h1-6H,(H2,17,18,19,20,21). The van der Waals surface area contributed by atoms with E-state index in [1.165, 1.54) is 24.4 Å². The average Bonchev–Trinajstić information content (AvgIpc) is 2.37. The maximum atomic E-state index is 12.5. The number of urea groups is 1. The quantitative estimate of drug-likeness (QED) is 0.828. The van der Waals surface area contributed by atoms with E-state index in [1.807, 2.05) is 0 Å². The first-order valence-electron chi connectivity index (χ1n) is 5.58. The Bertz CT molecular complexity index is 663. The van der Waals surface area contributed by atoms with Gasteiger partial charge >= 0.3 is 12.2 Å².